The molecule has 1 saturated carbocycles. The molecule has 0 heterocycles. The van der Waals surface area contributed by atoms with Crippen molar-refractivity contribution in [3.05, 3.63) is 34.4 Å². The van der Waals surface area contributed by atoms with E-state index in [1.807, 2.05) is 0 Å². The van der Waals surface area contributed by atoms with Crippen molar-refractivity contribution >= 4 is 14.1 Å². The number of hydrogen-bond acceptors (Lipinski definition) is 3. The third-order valence-electron chi connectivity index (χ3n) is 8.45. The van der Waals surface area contributed by atoms with Crippen LogP contribution in [0.2, 0.25) is 16.6 Å². The number of hydrogen-bond donors (Lipinski definition) is 0. The molecular formula is C31H54O3Si. The van der Waals surface area contributed by atoms with E-state index in [-0.39, 0.29) is 18.1 Å². The van der Waals surface area contributed by atoms with Gasteiger partial charge in [-0.05, 0) is 63.6 Å². The van der Waals surface area contributed by atoms with Crippen LogP contribution in [0, 0.1) is 5.92 Å². The van der Waals surface area contributed by atoms with Crippen LogP contribution in [0.5, 0.6) is 0 Å². The molecule has 0 bridgehead atoms. The van der Waals surface area contributed by atoms with Crippen molar-refractivity contribution in [2.75, 3.05) is 6.61 Å². The average molecular weight is 503 g/mol. The lowest BCUT2D eigenvalue weighted by atomic mass is 9.80. The van der Waals surface area contributed by atoms with Crippen molar-refractivity contribution in [1.29, 1.82) is 0 Å². The molecule has 0 N–H and O–H groups in total. The van der Waals surface area contributed by atoms with Crippen molar-refractivity contribution in [2.24, 2.45) is 5.92 Å². The molecule has 0 radical (unpaired) electrons. The largest absolute Gasteiger partial charge is 0.415 e. The maximum Gasteiger partial charge on any atom is 0.200 e. The Hall–Kier alpha value is -0.973. The van der Waals surface area contributed by atoms with Crippen molar-refractivity contribution < 1.29 is 14.0 Å². The van der Waals surface area contributed by atoms with Gasteiger partial charge in [0.2, 0.25) is 0 Å². The highest BCUT2D eigenvalue weighted by Gasteiger charge is 2.48. The van der Waals surface area contributed by atoms with Crippen molar-refractivity contribution in [3.8, 4) is 0 Å². The molecule has 3 atom stereocenters. The molecule has 0 spiro atoms. The third-order valence-corrected chi connectivity index (χ3v) is 14.5. The molecule has 1 aliphatic rings. The molecule has 1 aliphatic carbocycles. The first-order valence-electron chi connectivity index (χ1n) is 14.1. The maximum absolute atomic E-state index is 12.7. The molecule has 0 saturated heterocycles. The van der Waals surface area contributed by atoms with Gasteiger partial charge in [0.25, 0.3) is 0 Å². The summed E-state index contributed by atoms with van der Waals surface area (Å²) in [5, 5.41) is 0. The van der Waals surface area contributed by atoms with Gasteiger partial charge < -0.3 is 9.16 Å². The summed E-state index contributed by atoms with van der Waals surface area (Å²) in [7, 11) is -2.01. The van der Waals surface area contributed by atoms with Crippen LogP contribution in [-0.2, 0) is 14.0 Å². The van der Waals surface area contributed by atoms with Crippen LogP contribution in [0.15, 0.2) is 12.1 Å². The third kappa shape index (κ3) is 6.30. The van der Waals surface area contributed by atoms with Crippen LogP contribution in [0.3, 0.4) is 0 Å². The van der Waals surface area contributed by atoms with Gasteiger partial charge in [0.15, 0.2) is 8.32 Å². The van der Waals surface area contributed by atoms with E-state index in [2.05, 4.69) is 102 Å². The first-order chi connectivity index (χ1) is 16.1. The average Bonchev–Trinajstić information content (AvgIpc) is 2.74. The summed E-state index contributed by atoms with van der Waals surface area (Å²) in [5.41, 5.74) is 7.03. The van der Waals surface area contributed by atoms with E-state index >= 15 is 0 Å². The van der Waals surface area contributed by atoms with Crippen molar-refractivity contribution in [3.63, 3.8) is 0 Å². The fraction of sp³-hybridized carbons (Fsp3) is 0.774. The summed E-state index contributed by atoms with van der Waals surface area (Å²) < 4.78 is 13.5. The zero-order valence-electron chi connectivity index (χ0n) is 25.0. The SMILES string of the molecule is CC(C)c1cc(C(C)C)c([C@@H](C)O[C@H]2CC(=O)[C@@H]2CO[Si](C(C)C)(C(C)C)C(C)C)c(C(C)C)c1. The molecule has 1 fully saturated rings. The monoisotopic (exact) mass is 502 g/mol. The maximum atomic E-state index is 12.7. The summed E-state index contributed by atoms with van der Waals surface area (Å²) in [6.45, 7) is 30.1. The van der Waals surface area contributed by atoms with Gasteiger partial charge in [0, 0.05) is 13.0 Å². The molecule has 0 amide bonds. The number of carbonyl (C=O) groups excluding carboxylic acids is 1. The highest BCUT2D eigenvalue weighted by atomic mass is 28.4. The number of rotatable bonds is 12. The van der Waals surface area contributed by atoms with Crippen LogP contribution >= 0.6 is 0 Å². The lowest BCUT2D eigenvalue weighted by Gasteiger charge is -2.45. The number of Topliss-reactive ketones (excluding diaryl/α,β-unsaturated/α-hetero) is 1. The standard InChI is InChI=1S/C31H54O3Si/c1-18(2)25-14-26(19(3)4)31(27(15-25)20(5)6)24(13)34-30-16-29(32)28(30)17-33-35(21(7)8,22(9)10)23(11)12/h14-15,18-24,28,30H,16-17H2,1-13H3/t24-,28+,30+/m1/s1. The number of benzene rings is 1. The minimum absolute atomic E-state index is 0.0473. The van der Waals surface area contributed by atoms with Gasteiger partial charge in [-0.25, -0.2) is 0 Å². The fourth-order valence-corrected chi connectivity index (χ4v) is 11.9. The number of carbonyl (C=O) groups is 1. The van der Waals surface area contributed by atoms with Crippen molar-refractivity contribution in [2.45, 2.75) is 143 Å². The minimum atomic E-state index is -2.01. The first-order valence-corrected chi connectivity index (χ1v) is 16.3. The zero-order valence-corrected chi connectivity index (χ0v) is 26.0. The Morgan fingerprint density at radius 2 is 1.23 bits per heavy atom. The van der Waals surface area contributed by atoms with E-state index < -0.39 is 8.32 Å². The molecule has 3 nitrogen and oxygen atoms in total. The predicted octanol–water partition coefficient (Wildman–Crippen LogP) is 9.28. The molecule has 4 heteroatoms. The van der Waals surface area contributed by atoms with Gasteiger partial charge in [0.1, 0.15) is 5.78 Å². The highest BCUT2D eigenvalue weighted by Crippen LogP contribution is 2.44. The summed E-state index contributed by atoms with van der Waals surface area (Å²) in [5.74, 6) is 1.49. The topological polar surface area (TPSA) is 35.5 Å². The second-order valence-corrected chi connectivity index (χ2v) is 18.3. The van der Waals surface area contributed by atoms with Gasteiger partial charge in [-0.2, -0.15) is 0 Å². The number of ketones is 1. The first kappa shape index (κ1) is 30.3. The Bertz CT molecular complexity index is 802. The Morgan fingerprint density at radius 3 is 1.57 bits per heavy atom. The summed E-state index contributed by atoms with van der Waals surface area (Å²) in [6.07, 6.45) is 0.408. The van der Waals surface area contributed by atoms with Gasteiger partial charge in [-0.3, -0.25) is 4.79 Å². The van der Waals surface area contributed by atoms with Gasteiger partial charge in [-0.15, -0.1) is 0 Å². The van der Waals surface area contributed by atoms with Crippen LogP contribution in [0.4, 0.5) is 0 Å². The molecule has 200 valence electrons. The molecular weight excluding hydrogens is 448 g/mol. The lowest BCUT2D eigenvalue weighted by molar-refractivity contribution is -0.154. The number of ether oxygens (including phenoxy) is 1. The molecule has 35 heavy (non-hydrogen) atoms. The summed E-state index contributed by atoms with van der Waals surface area (Å²) in [6, 6.07) is 4.77. The second kappa shape index (κ2) is 12.0. The van der Waals surface area contributed by atoms with Crippen LogP contribution < -0.4 is 0 Å². The Labute approximate surface area is 217 Å². The van der Waals surface area contributed by atoms with E-state index in [9.17, 15) is 4.79 Å². The highest BCUT2D eigenvalue weighted by molar-refractivity contribution is 6.77. The van der Waals surface area contributed by atoms with E-state index in [0.717, 1.165) is 0 Å². The Balaban J connectivity index is 2.30. The summed E-state index contributed by atoms with van der Waals surface area (Å²) >= 11 is 0. The van der Waals surface area contributed by atoms with E-state index in [4.69, 9.17) is 9.16 Å². The minimum Gasteiger partial charge on any atom is -0.415 e. The molecule has 2 rings (SSSR count). The molecule has 0 aliphatic heterocycles. The lowest BCUT2D eigenvalue weighted by Crippen LogP contribution is -2.53. The Morgan fingerprint density at radius 1 is 0.771 bits per heavy atom. The zero-order chi connectivity index (χ0) is 26.8. The normalized spacial score (nSPS) is 20.1. The fourth-order valence-electron chi connectivity index (χ4n) is 6.43. The van der Waals surface area contributed by atoms with Crippen LogP contribution in [0.1, 0.15) is 143 Å². The van der Waals surface area contributed by atoms with Gasteiger partial charge in [0.05, 0.1) is 18.1 Å². The summed E-state index contributed by atoms with van der Waals surface area (Å²) in [4.78, 5) is 12.7. The molecule has 0 aromatic heterocycles. The van der Waals surface area contributed by atoms with Crippen LogP contribution in [-0.4, -0.2) is 26.8 Å². The van der Waals surface area contributed by atoms with Gasteiger partial charge in [-0.1, -0.05) is 95.2 Å². The van der Waals surface area contributed by atoms with Crippen LogP contribution in [0.25, 0.3) is 0 Å². The predicted molar refractivity (Wildman–Crippen MR) is 152 cm³/mol. The van der Waals surface area contributed by atoms with E-state index in [1.54, 1.807) is 0 Å². The second-order valence-electron chi connectivity index (χ2n) is 12.8. The Kier molecular flexibility index (Phi) is 10.4. The van der Waals surface area contributed by atoms with Gasteiger partial charge >= 0.3 is 0 Å². The quantitative estimate of drug-likeness (QED) is 0.267. The molecule has 0 unspecified atom stereocenters. The molecule has 1 aromatic rings. The van der Waals surface area contributed by atoms with E-state index in [0.29, 0.717) is 53.2 Å². The van der Waals surface area contributed by atoms with Crippen molar-refractivity contribution in [1.82, 2.24) is 0 Å². The van der Waals surface area contributed by atoms with E-state index in [1.165, 1.54) is 22.3 Å². The molecule has 1 aromatic carbocycles. The smallest absolute Gasteiger partial charge is 0.200 e.